The second-order valence-corrected chi connectivity index (χ2v) is 9.07. The molecule has 8 nitrogen and oxygen atoms in total. The SMILES string of the molecule is CN(CC(=O)Nc1ccc(OC(F)(F)F)cc1)C(=O)CN(C)S(=O)(=O)c1ccc(Cl)cc1. The van der Waals surface area contributed by atoms with E-state index in [0.29, 0.717) is 5.02 Å². The van der Waals surface area contributed by atoms with Crippen molar-refractivity contribution >= 4 is 39.1 Å². The summed E-state index contributed by atoms with van der Waals surface area (Å²) in [4.78, 5) is 25.4. The fraction of sp³-hybridized carbons (Fsp3) is 0.263. The van der Waals surface area contributed by atoms with Gasteiger partial charge in [-0.25, -0.2) is 8.42 Å². The Morgan fingerprint density at radius 3 is 2.09 bits per heavy atom. The first-order chi connectivity index (χ1) is 14.8. The largest absolute Gasteiger partial charge is 0.573 e. The summed E-state index contributed by atoms with van der Waals surface area (Å²) in [6, 6.07) is 9.87. The smallest absolute Gasteiger partial charge is 0.406 e. The van der Waals surface area contributed by atoms with Crippen molar-refractivity contribution in [2.45, 2.75) is 11.3 Å². The molecule has 0 radical (unpaired) electrons. The first kappa shape index (κ1) is 25.4. The van der Waals surface area contributed by atoms with E-state index in [9.17, 15) is 31.2 Å². The van der Waals surface area contributed by atoms with Crippen LogP contribution in [-0.2, 0) is 19.6 Å². The van der Waals surface area contributed by atoms with Gasteiger partial charge in [0.25, 0.3) is 0 Å². The minimum Gasteiger partial charge on any atom is -0.406 e. The van der Waals surface area contributed by atoms with Gasteiger partial charge in [0.2, 0.25) is 21.8 Å². The van der Waals surface area contributed by atoms with Gasteiger partial charge >= 0.3 is 6.36 Å². The first-order valence-corrected chi connectivity index (χ1v) is 10.7. The van der Waals surface area contributed by atoms with Crippen LogP contribution in [0.5, 0.6) is 5.75 Å². The second-order valence-electron chi connectivity index (χ2n) is 6.59. The minimum absolute atomic E-state index is 0.0458. The number of amides is 2. The molecule has 0 atom stereocenters. The number of carbonyl (C=O) groups is 2. The maximum absolute atomic E-state index is 12.5. The molecule has 0 fully saturated rings. The van der Waals surface area contributed by atoms with Gasteiger partial charge in [0.05, 0.1) is 18.0 Å². The molecule has 0 spiro atoms. The fourth-order valence-electron chi connectivity index (χ4n) is 2.43. The van der Waals surface area contributed by atoms with Gasteiger partial charge in [-0.2, -0.15) is 4.31 Å². The zero-order valence-corrected chi connectivity index (χ0v) is 18.5. The molecule has 0 aliphatic heterocycles. The van der Waals surface area contributed by atoms with Crippen molar-refractivity contribution in [2.75, 3.05) is 32.5 Å². The highest BCUT2D eigenvalue weighted by atomic mass is 35.5. The number of benzene rings is 2. The number of nitrogens with one attached hydrogen (secondary N) is 1. The molecule has 0 bridgehead atoms. The highest BCUT2D eigenvalue weighted by Crippen LogP contribution is 2.24. The van der Waals surface area contributed by atoms with Gasteiger partial charge in [-0.3, -0.25) is 9.59 Å². The third kappa shape index (κ3) is 7.39. The summed E-state index contributed by atoms with van der Waals surface area (Å²) in [5.41, 5.74) is 0.188. The first-order valence-electron chi connectivity index (χ1n) is 8.89. The molecular formula is C19H19ClF3N3O5S. The van der Waals surface area contributed by atoms with Crippen molar-refractivity contribution in [3.05, 3.63) is 53.6 Å². The topological polar surface area (TPSA) is 96.0 Å². The van der Waals surface area contributed by atoms with Gasteiger partial charge in [0.15, 0.2) is 0 Å². The van der Waals surface area contributed by atoms with Crippen molar-refractivity contribution < 1.29 is 35.9 Å². The minimum atomic E-state index is -4.83. The van der Waals surface area contributed by atoms with E-state index >= 15 is 0 Å². The van der Waals surface area contributed by atoms with Crippen molar-refractivity contribution in [3.8, 4) is 5.75 Å². The summed E-state index contributed by atoms with van der Waals surface area (Å²) in [5, 5.41) is 2.78. The molecule has 0 aliphatic rings. The normalized spacial score (nSPS) is 11.8. The van der Waals surface area contributed by atoms with Gasteiger partial charge in [-0.15, -0.1) is 13.2 Å². The van der Waals surface area contributed by atoms with Crippen molar-refractivity contribution in [1.29, 1.82) is 0 Å². The third-order valence-electron chi connectivity index (χ3n) is 4.06. The molecule has 2 aromatic carbocycles. The molecule has 13 heteroatoms. The van der Waals surface area contributed by atoms with E-state index in [2.05, 4.69) is 10.1 Å². The number of halogens is 4. The monoisotopic (exact) mass is 493 g/mol. The lowest BCUT2D eigenvalue weighted by Crippen LogP contribution is -2.42. The standard InChI is InChI=1S/C19H19ClF3N3O5S/c1-25(11-17(27)24-14-5-7-15(8-6-14)31-19(21,22)23)18(28)12-26(2)32(29,30)16-9-3-13(20)4-10-16/h3-10H,11-12H2,1-2H3,(H,24,27). The molecular weight excluding hydrogens is 475 g/mol. The van der Waals surface area contributed by atoms with Crippen molar-refractivity contribution in [1.82, 2.24) is 9.21 Å². The molecule has 2 aromatic rings. The molecule has 0 saturated carbocycles. The van der Waals surface area contributed by atoms with Gasteiger partial charge < -0.3 is 15.0 Å². The summed E-state index contributed by atoms with van der Waals surface area (Å²) < 4.78 is 66.2. The van der Waals surface area contributed by atoms with E-state index in [4.69, 9.17) is 11.6 Å². The van der Waals surface area contributed by atoms with Crippen LogP contribution in [0.15, 0.2) is 53.4 Å². The van der Waals surface area contributed by atoms with Crippen LogP contribution in [-0.4, -0.2) is 63.0 Å². The Labute approximate surface area is 187 Å². The number of carbonyl (C=O) groups excluding carboxylic acids is 2. The Morgan fingerprint density at radius 1 is 1.00 bits per heavy atom. The van der Waals surface area contributed by atoms with Crippen LogP contribution in [0.25, 0.3) is 0 Å². The quantitative estimate of drug-likeness (QED) is 0.610. The van der Waals surface area contributed by atoms with Gasteiger partial charge in [0.1, 0.15) is 5.75 Å². The number of likely N-dealkylation sites (N-methyl/N-ethyl adjacent to an activating group) is 2. The molecule has 2 rings (SSSR count). The summed E-state index contributed by atoms with van der Waals surface area (Å²) in [7, 11) is -1.41. The number of rotatable bonds is 8. The number of sulfonamides is 1. The lowest BCUT2D eigenvalue weighted by Gasteiger charge is -2.21. The molecule has 0 heterocycles. The summed E-state index contributed by atoms with van der Waals surface area (Å²) in [5.74, 6) is -1.73. The van der Waals surface area contributed by atoms with Crippen LogP contribution in [0.1, 0.15) is 0 Å². The molecule has 0 aromatic heterocycles. The Hall–Kier alpha value is -2.83. The van der Waals surface area contributed by atoms with Crippen molar-refractivity contribution in [2.24, 2.45) is 0 Å². The number of hydrogen-bond donors (Lipinski definition) is 1. The lowest BCUT2D eigenvalue weighted by atomic mass is 10.3. The average molecular weight is 494 g/mol. The van der Waals surface area contributed by atoms with Gasteiger partial charge in [0, 0.05) is 24.8 Å². The number of nitrogens with zero attached hydrogens (tertiary/aromatic N) is 2. The van der Waals surface area contributed by atoms with Crippen LogP contribution >= 0.6 is 11.6 Å². The summed E-state index contributed by atoms with van der Waals surface area (Å²) in [6.45, 7) is -0.924. The van der Waals surface area contributed by atoms with E-state index in [-0.39, 0.29) is 10.6 Å². The van der Waals surface area contributed by atoms with Crippen LogP contribution in [0, 0.1) is 0 Å². The highest BCUT2D eigenvalue weighted by Gasteiger charge is 2.31. The third-order valence-corrected chi connectivity index (χ3v) is 6.13. The van der Waals surface area contributed by atoms with Gasteiger partial charge in [-0.1, -0.05) is 11.6 Å². The Morgan fingerprint density at radius 2 is 1.56 bits per heavy atom. The average Bonchev–Trinajstić information content (AvgIpc) is 2.68. The zero-order chi connectivity index (χ0) is 24.1. The predicted molar refractivity (Wildman–Crippen MR) is 111 cm³/mol. The van der Waals surface area contributed by atoms with Crippen LogP contribution in [0.4, 0.5) is 18.9 Å². The maximum atomic E-state index is 12.5. The summed E-state index contributed by atoms with van der Waals surface area (Å²) in [6.07, 6.45) is -4.83. The fourth-order valence-corrected chi connectivity index (χ4v) is 3.67. The lowest BCUT2D eigenvalue weighted by molar-refractivity contribution is -0.274. The molecule has 0 unspecified atom stereocenters. The Bertz CT molecular complexity index is 1060. The predicted octanol–water partition coefficient (Wildman–Crippen LogP) is 2.96. The van der Waals surface area contributed by atoms with Crippen LogP contribution in [0.3, 0.4) is 0 Å². The zero-order valence-electron chi connectivity index (χ0n) is 16.9. The second kappa shape index (κ2) is 10.2. The molecule has 1 N–H and O–H groups in total. The number of alkyl halides is 3. The number of ether oxygens (including phenoxy) is 1. The van der Waals surface area contributed by atoms with Crippen LogP contribution in [0.2, 0.25) is 5.02 Å². The van der Waals surface area contributed by atoms with E-state index in [1.807, 2.05) is 0 Å². The Balaban J connectivity index is 1.91. The van der Waals surface area contributed by atoms with Gasteiger partial charge in [-0.05, 0) is 48.5 Å². The number of anilines is 1. The molecule has 0 aliphatic carbocycles. The molecule has 2 amide bonds. The maximum Gasteiger partial charge on any atom is 0.573 e. The van der Waals surface area contributed by atoms with E-state index < -0.39 is 47.0 Å². The van der Waals surface area contributed by atoms with E-state index in [0.717, 1.165) is 21.3 Å². The van der Waals surface area contributed by atoms with Crippen molar-refractivity contribution in [3.63, 3.8) is 0 Å². The van der Waals surface area contributed by atoms with Crippen LogP contribution < -0.4 is 10.1 Å². The number of hydrogen-bond acceptors (Lipinski definition) is 5. The van der Waals surface area contributed by atoms with E-state index in [1.54, 1.807) is 0 Å². The Kier molecular flexibility index (Phi) is 8.10. The molecule has 0 saturated heterocycles. The highest BCUT2D eigenvalue weighted by molar-refractivity contribution is 7.89. The molecule has 174 valence electrons. The van der Waals surface area contributed by atoms with E-state index in [1.165, 1.54) is 50.5 Å². The molecule has 32 heavy (non-hydrogen) atoms. The summed E-state index contributed by atoms with van der Waals surface area (Å²) >= 11 is 5.75.